The first-order chi connectivity index (χ1) is 8.11. The van der Waals surface area contributed by atoms with Crippen molar-refractivity contribution in [3.8, 4) is 0 Å². The van der Waals surface area contributed by atoms with Gasteiger partial charge in [0.25, 0.3) is 0 Å². The summed E-state index contributed by atoms with van der Waals surface area (Å²) in [6.45, 7) is 2.16. The molecule has 0 spiro atoms. The van der Waals surface area contributed by atoms with Gasteiger partial charge in [-0.1, -0.05) is 35.9 Å². The number of carbonyl (C=O) groups is 1. The highest BCUT2D eigenvalue weighted by atomic mass is 16.4. The normalized spacial score (nSPS) is 19.3. The molecule has 0 bridgehead atoms. The van der Waals surface area contributed by atoms with Gasteiger partial charge in [0.1, 0.15) is 0 Å². The van der Waals surface area contributed by atoms with Gasteiger partial charge >= 0.3 is 6.09 Å². The third kappa shape index (κ3) is 2.31. The van der Waals surface area contributed by atoms with E-state index in [-0.39, 0.29) is 6.61 Å². The molecular weight excluding hydrogens is 218 g/mol. The van der Waals surface area contributed by atoms with Crippen LogP contribution in [0.3, 0.4) is 0 Å². The molecule has 0 radical (unpaired) electrons. The summed E-state index contributed by atoms with van der Waals surface area (Å²) in [5.74, 6) is 0. The third-order valence-corrected chi connectivity index (χ3v) is 2.96. The van der Waals surface area contributed by atoms with Crippen molar-refractivity contribution in [1.29, 1.82) is 0 Å². The van der Waals surface area contributed by atoms with Crippen LogP contribution < -0.4 is 0 Å². The summed E-state index contributed by atoms with van der Waals surface area (Å²) in [4.78, 5) is 12.2. The first-order valence-electron chi connectivity index (χ1n) is 5.50. The quantitative estimate of drug-likeness (QED) is 0.817. The van der Waals surface area contributed by atoms with Crippen molar-refractivity contribution >= 4 is 11.7 Å². The predicted octanol–water partition coefficient (Wildman–Crippen LogP) is 1.73. The molecule has 17 heavy (non-hydrogen) atoms. The first kappa shape index (κ1) is 11.7. The zero-order valence-electron chi connectivity index (χ0n) is 9.63. The number of carboxylic acid groups (broad SMARTS) is 1. The van der Waals surface area contributed by atoms with Crippen molar-refractivity contribution in [2.75, 3.05) is 13.2 Å². The molecule has 2 rings (SSSR count). The Morgan fingerprint density at radius 1 is 1.53 bits per heavy atom. The van der Waals surface area contributed by atoms with Gasteiger partial charge in [0.2, 0.25) is 0 Å². The van der Waals surface area contributed by atoms with Crippen LogP contribution in [-0.2, 0) is 0 Å². The molecule has 0 fully saturated rings. The van der Waals surface area contributed by atoms with Crippen LogP contribution in [0, 0.1) is 6.92 Å². The molecule has 0 saturated heterocycles. The molecule has 4 nitrogen and oxygen atoms in total. The van der Waals surface area contributed by atoms with Gasteiger partial charge in [-0.05, 0) is 18.1 Å². The average Bonchev–Trinajstić information content (AvgIpc) is 2.73. The number of hydrogen-bond donors (Lipinski definition) is 2. The van der Waals surface area contributed by atoms with Crippen molar-refractivity contribution in [2.24, 2.45) is 0 Å². The highest BCUT2D eigenvalue weighted by molar-refractivity contribution is 5.77. The average molecular weight is 233 g/mol. The van der Waals surface area contributed by atoms with Crippen LogP contribution in [0.5, 0.6) is 0 Å². The van der Waals surface area contributed by atoms with E-state index < -0.39 is 12.1 Å². The van der Waals surface area contributed by atoms with Crippen molar-refractivity contribution in [3.05, 3.63) is 41.5 Å². The van der Waals surface area contributed by atoms with Crippen LogP contribution in [0.2, 0.25) is 0 Å². The summed E-state index contributed by atoms with van der Waals surface area (Å²) in [5, 5.41) is 18.2. The lowest BCUT2D eigenvalue weighted by molar-refractivity contribution is 0.125. The standard InChI is InChI=1S/C13H15NO3/c1-9-3-2-4-10(5-9)11-6-12(8-15)14(7-11)13(16)17/h2-6,12,15H,7-8H2,1H3,(H,16,17). The molecular formula is C13H15NO3. The first-order valence-corrected chi connectivity index (χ1v) is 5.50. The summed E-state index contributed by atoms with van der Waals surface area (Å²) in [7, 11) is 0. The fourth-order valence-electron chi connectivity index (χ4n) is 2.07. The predicted molar refractivity (Wildman–Crippen MR) is 64.8 cm³/mol. The number of benzene rings is 1. The Hall–Kier alpha value is -1.81. The van der Waals surface area contributed by atoms with Gasteiger partial charge in [-0.15, -0.1) is 0 Å². The van der Waals surface area contributed by atoms with E-state index in [1.807, 2.05) is 37.3 Å². The van der Waals surface area contributed by atoms with Crippen LogP contribution in [0.1, 0.15) is 11.1 Å². The zero-order valence-corrected chi connectivity index (χ0v) is 9.63. The third-order valence-electron chi connectivity index (χ3n) is 2.96. The summed E-state index contributed by atoms with van der Waals surface area (Å²) in [6.07, 6.45) is 0.825. The SMILES string of the molecule is Cc1cccc(C2=CC(CO)N(C(=O)O)C2)c1. The maximum Gasteiger partial charge on any atom is 0.408 e. The van der Waals surface area contributed by atoms with E-state index in [1.165, 1.54) is 4.90 Å². The lowest BCUT2D eigenvalue weighted by Gasteiger charge is -2.19. The van der Waals surface area contributed by atoms with Crippen LogP contribution >= 0.6 is 0 Å². The smallest absolute Gasteiger partial charge is 0.408 e. The van der Waals surface area contributed by atoms with E-state index in [9.17, 15) is 4.79 Å². The van der Waals surface area contributed by atoms with Crippen LogP contribution in [0.4, 0.5) is 4.79 Å². The van der Waals surface area contributed by atoms with E-state index in [0.717, 1.165) is 16.7 Å². The lowest BCUT2D eigenvalue weighted by Crippen LogP contribution is -2.37. The van der Waals surface area contributed by atoms with Crippen molar-refractivity contribution < 1.29 is 15.0 Å². The van der Waals surface area contributed by atoms with E-state index in [1.54, 1.807) is 0 Å². The number of amides is 1. The van der Waals surface area contributed by atoms with Gasteiger partial charge in [-0.2, -0.15) is 0 Å². The van der Waals surface area contributed by atoms with E-state index in [4.69, 9.17) is 10.2 Å². The van der Waals surface area contributed by atoms with Gasteiger partial charge < -0.3 is 10.2 Å². The number of aryl methyl sites for hydroxylation is 1. The Balaban J connectivity index is 2.27. The molecule has 1 atom stereocenters. The molecule has 90 valence electrons. The maximum atomic E-state index is 11.0. The molecule has 1 heterocycles. The monoisotopic (exact) mass is 233 g/mol. The molecule has 1 unspecified atom stereocenters. The number of nitrogens with zero attached hydrogens (tertiary/aromatic N) is 1. The molecule has 0 saturated carbocycles. The van der Waals surface area contributed by atoms with Gasteiger partial charge in [0.05, 0.1) is 19.2 Å². The highest BCUT2D eigenvalue weighted by Crippen LogP contribution is 2.25. The molecule has 4 heteroatoms. The Bertz CT molecular complexity index is 467. The minimum absolute atomic E-state index is 0.179. The number of aliphatic hydroxyl groups excluding tert-OH is 1. The highest BCUT2D eigenvalue weighted by Gasteiger charge is 2.28. The Morgan fingerprint density at radius 3 is 2.82 bits per heavy atom. The molecule has 1 aromatic carbocycles. The lowest BCUT2D eigenvalue weighted by atomic mass is 10.0. The fraction of sp³-hybridized carbons (Fsp3) is 0.308. The van der Waals surface area contributed by atoms with E-state index in [0.29, 0.717) is 6.54 Å². The molecule has 1 aliphatic rings. The molecule has 1 amide bonds. The second-order valence-corrected chi connectivity index (χ2v) is 4.22. The number of hydrogen-bond acceptors (Lipinski definition) is 2. The van der Waals surface area contributed by atoms with E-state index >= 15 is 0 Å². The fourth-order valence-corrected chi connectivity index (χ4v) is 2.07. The molecule has 2 N–H and O–H groups in total. The molecule has 0 aromatic heterocycles. The maximum absolute atomic E-state index is 11.0. The summed E-state index contributed by atoms with van der Waals surface area (Å²) >= 11 is 0. The van der Waals surface area contributed by atoms with Crippen molar-refractivity contribution in [2.45, 2.75) is 13.0 Å². The molecule has 1 aromatic rings. The Labute approximate surface area is 99.8 Å². The molecule has 1 aliphatic heterocycles. The number of rotatable bonds is 2. The minimum atomic E-state index is -0.997. The van der Waals surface area contributed by atoms with Crippen molar-refractivity contribution in [3.63, 3.8) is 0 Å². The summed E-state index contributed by atoms with van der Waals surface area (Å²) < 4.78 is 0. The molecule has 0 aliphatic carbocycles. The van der Waals surface area contributed by atoms with Gasteiger partial charge in [0.15, 0.2) is 0 Å². The Kier molecular flexibility index (Phi) is 3.15. The second-order valence-electron chi connectivity index (χ2n) is 4.22. The van der Waals surface area contributed by atoms with Crippen LogP contribution in [0.15, 0.2) is 30.3 Å². The Morgan fingerprint density at radius 2 is 2.29 bits per heavy atom. The van der Waals surface area contributed by atoms with Crippen molar-refractivity contribution in [1.82, 2.24) is 4.90 Å². The number of aliphatic hydroxyl groups is 1. The van der Waals surface area contributed by atoms with Gasteiger partial charge in [-0.3, -0.25) is 4.90 Å². The zero-order chi connectivity index (χ0) is 12.4. The van der Waals surface area contributed by atoms with Gasteiger partial charge in [-0.25, -0.2) is 4.79 Å². The largest absolute Gasteiger partial charge is 0.465 e. The van der Waals surface area contributed by atoms with Gasteiger partial charge in [0, 0.05) is 0 Å². The van der Waals surface area contributed by atoms with E-state index in [2.05, 4.69) is 0 Å². The second kappa shape index (κ2) is 4.59. The van der Waals surface area contributed by atoms with Crippen LogP contribution in [0.25, 0.3) is 5.57 Å². The summed E-state index contributed by atoms with van der Waals surface area (Å²) in [6, 6.07) is 7.49. The minimum Gasteiger partial charge on any atom is -0.465 e. The topological polar surface area (TPSA) is 60.8 Å². The summed E-state index contributed by atoms with van der Waals surface area (Å²) in [5.41, 5.74) is 3.11. The van der Waals surface area contributed by atoms with Crippen LogP contribution in [-0.4, -0.2) is 40.4 Å².